The third kappa shape index (κ3) is 5.35. The van der Waals surface area contributed by atoms with Gasteiger partial charge in [-0.05, 0) is 78.6 Å². The number of alkyl halides is 3. The molecule has 0 radical (unpaired) electrons. The van der Waals surface area contributed by atoms with Gasteiger partial charge in [0.1, 0.15) is 16.8 Å². The van der Waals surface area contributed by atoms with Gasteiger partial charge < -0.3 is 5.11 Å². The molecular formula is C30H30F4N6O3S. The van der Waals surface area contributed by atoms with Crippen molar-refractivity contribution < 1.29 is 31.1 Å². The smallest absolute Gasteiger partial charge is 0.385 e. The van der Waals surface area contributed by atoms with Gasteiger partial charge in [-0.15, -0.1) is 0 Å². The van der Waals surface area contributed by atoms with Gasteiger partial charge in [0.15, 0.2) is 5.69 Å². The Morgan fingerprint density at radius 2 is 1.93 bits per heavy atom. The molecule has 3 heterocycles. The first-order chi connectivity index (χ1) is 20.8. The molecule has 1 aromatic carbocycles. The molecule has 0 spiro atoms. The maximum atomic E-state index is 14.0. The molecule has 2 aliphatic carbocycles. The molecule has 0 saturated heterocycles. The summed E-state index contributed by atoms with van der Waals surface area (Å²) in [4.78, 5) is 3.14. The maximum Gasteiger partial charge on any atom is 0.436 e. The summed E-state index contributed by atoms with van der Waals surface area (Å²) in [6.07, 6.45) is 1.42. The Morgan fingerprint density at radius 1 is 1.18 bits per heavy atom. The molecule has 1 unspecified atom stereocenters. The zero-order chi connectivity index (χ0) is 31.4. The Morgan fingerprint density at radius 3 is 2.61 bits per heavy atom. The number of hydrogen-bond donors (Lipinski definition) is 1. The first-order valence-electron chi connectivity index (χ1n) is 14.0. The molecule has 14 heteroatoms. The highest BCUT2D eigenvalue weighted by Crippen LogP contribution is 2.53. The molecule has 0 amide bonds. The largest absolute Gasteiger partial charge is 0.436 e. The van der Waals surface area contributed by atoms with E-state index >= 15 is 0 Å². The fourth-order valence-corrected chi connectivity index (χ4v) is 8.06. The number of sulfonamides is 1. The minimum absolute atomic E-state index is 0.131. The predicted molar refractivity (Wildman–Crippen MR) is 152 cm³/mol. The molecule has 9 nitrogen and oxygen atoms in total. The number of rotatable bonds is 8. The van der Waals surface area contributed by atoms with Crippen molar-refractivity contribution >= 4 is 16.1 Å². The summed E-state index contributed by atoms with van der Waals surface area (Å²) in [5, 5.41) is 18.9. The lowest BCUT2D eigenvalue weighted by molar-refractivity contribution is -0.143. The van der Waals surface area contributed by atoms with E-state index in [1.54, 1.807) is 35.1 Å². The molecule has 0 aliphatic heterocycles. The zero-order valence-corrected chi connectivity index (χ0v) is 24.7. The summed E-state index contributed by atoms with van der Waals surface area (Å²) in [5.41, 5.74) is 1.70. The molecule has 1 N–H and O–H groups in total. The maximum absolute atomic E-state index is 14.0. The number of allylic oxidation sites excluding steroid dienone is 1. The quantitative estimate of drug-likeness (QED) is 0.277. The number of aromatic nitrogens is 5. The molecule has 4 aromatic rings. The van der Waals surface area contributed by atoms with Crippen LogP contribution in [0.4, 0.5) is 17.6 Å². The summed E-state index contributed by atoms with van der Waals surface area (Å²) in [6, 6.07) is 10.8. The van der Waals surface area contributed by atoms with Gasteiger partial charge in [0, 0.05) is 32.5 Å². The van der Waals surface area contributed by atoms with E-state index in [0.717, 1.165) is 32.0 Å². The third-order valence-electron chi connectivity index (χ3n) is 8.73. The molecular weight excluding hydrogens is 600 g/mol. The number of pyridine rings is 1. The van der Waals surface area contributed by atoms with Gasteiger partial charge in [0.2, 0.25) is 10.0 Å². The molecule has 6 rings (SSSR count). The van der Waals surface area contributed by atoms with E-state index in [4.69, 9.17) is 0 Å². The van der Waals surface area contributed by atoms with E-state index in [2.05, 4.69) is 15.2 Å². The Labute approximate surface area is 251 Å². The van der Waals surface area contributed by atoms with Crippen molar-refractivity contribution in [3.05, 3.63) is 95.1 Å². The number of halogens is 4. The van der Waals surface area contributed by atoms with Crippen LogP contribution in [0.5, 0.6) is 0 Å². The van der Waals surface area contributed by atoms with Crippen LogP contribution < -0.4 is 0 Å². The third-order valence-corrected chi connectivity index (χ3v) is 10.6. The van der Waals surface area contributed by atoms with Gasteiger partial charge in [-0.2, -0.15) is 27.7 Å². The van der Waals surface area contributed by atoms with Gasteiger partial charge in [0.25, 0.3) is 0 Å². The minimum Gasteiger partial charge on any atom is -0.385 e. The van der Waals surface area contributed by atoms with Crippen molar-refractivity contribution in [2.45, 2.75) is 43.4 Å². The van der Waals surface area contributed by atoms with Crippen LogP contribution in [0.1, 0.15) is 48.5 Å². The molecule has 3 atom stereocenters. The highest BCUT2D eigenvalue weighted by atomic mass is 32.2. The predicted octanol–water partition coefficient (Wildman–Crippen LogP) is 4.94. The first-order valence-corrected chi connectivity index (χ1v) is 15.5. The summed E-state index contributed by atoms with van der Waals surface area (Å²) >= 11 is 0. The fourth-order valence-electron chi connectivity index (χ4n) is 6.38. The number of fused-ring (bicyclic) bond motifs is 2. The van der Waals surface area contributed by atoms with Crippen LogP contribution in [-0.2, 0) is 29.7 Å². The summed E-state index contributed by atoms with van der Waals surface area (Å²) in [5.74, 6) is -0.645. The molecule has 1 saturated carbocycles. The van der Waals surface area contributed by atoms with Gasteiger partial charge in [-0.25, -0.2) is 17.5 Å². The normalized spacial score (nSPS) is 20.8. The Kier molecular flexibility index (Phi) is 7.49. The fraction of sp³-hybridized carbons (Fsp3) is 0.367. The average Bonchev–Trinajstić information content (AvgIpc) is 3.67. The Balaban J connectivity index is 1.35. The highest BCUT2D eigenvalue weighted by Gasteiger charge is 2.49. The van der Waals surface area contributed by atoms with Crippen LogP contribution in [0, 0.1) is 17.2 Å². The second-order valence-corrected chi connectivity index (χ2v) is 13.5. The first kappa shape index (κ1) is 30.2. The van der Waals surface area contributed by atoms with Crippen LogP contribution in [-0.4, -0.2) is 55.5 Å². The molecule has 0 bridgehead atoms. The Hall–Kier alpha value is -3.88. The van der Waals surface area contributed by atoms with Gasteiger partial charge >= 0.3 is 6.18 Å². The van der Waals surface area contributed by atoms with Crippen molar-refractivity contribution in [1.82, 2.24) is 28.9 Å². The SMILES string of the molecule is Cn1cc(S(=O)(=O)N(CC(O)c2ccccn2)C[C@H]2CCC3=Cc4c(cnn4-c4ccc(F)cc4)C[C@@]32C)c(C(F)(F)F)n1. The summed E-state index contributed by atoms with van der Waals surface area (Å²) in [7, 11) is -3.55. The van der Waals surface area contributed by atoms with E-state index in [0.29, 0.717) is 24.9 Å². The van der Waals surface area contributed by atoms with Crippen LogP contribution in [0.15, 0.2) is 71.5 Å². The van der Waals surface area contributed by atoms with Crippen LogP contribution >= 0.6 is 0 Å². The van der Waals surface area contributed by atoms with Gasteiger partial charge in [-0.3, -0.25) is 9.67 Å². The number of aliphatic hydroxyl groups is 1. The second kappa shape index (κ2) is 10.9. The minimum atomic E-state index is -5.01. The van der Waals surface area contributed by atoms with E-state index in [1.807, 2.05) is 13.0 Å². The monoisotopic (exact) mass is 630 g/mol. The van der Waals surface area contributed by atoms with Crippen molar-refractivity contribution in [3.8, 4) is 5.69 Å². The molecule has 1 fully saturated rings. The molecule has 3 aromatic heterocycles. The van der Waals surface area contributed by atoms with E-state index in [1.165, 1.54) is 31.4 Å². The number of hydrogen-bond acceptors (Lipinski definition) is 6. The lowest BCUT2D eigenvalue weighted by atomic mass is 9.70. The van der Waals surface area contributed by atoms with E-state index < -0.39 is 44.9 Å². The van der Waals surface area contributed by atoms with Gasteiger partial charge in [0.05, 0.1) is 23.3 Å². The zero-order valence-electron chi connectivity index (χ0n) is 23.9. The van der Waals surface area contributed by atoms with Crippen molar-refractivity contribution in [2.75, 3.05) is 13.1 Å². The molecule has 44 heavy (non-hydrogen) atoms. The lowest BCUT2D eigenvalue weighted by Gasteiger charge is -2.38. The van der Waals surface area contributed by atoms with Crippen LogP contribution in [0.2, 0.25) is 0 Å². The second-order valence-electron chi connectivity index (χ2n) is 11.5. The Bertz CT molecular complexity index is 1820. The van der Waals surface area contributed by atoms with E-state index in [-0.39, 0.29) is 24.0 Å². The van der Waals surface area contributed by atoms with Crippen LogP contribution in [0.3, 0.4) is 0 Å². The van der Waals surface area contributed by atoms with E-state index in [9.17, 15) is 31.1 Å². The highest BCUT2D eigenvalue weighted by molar-refractivity contribution is 7.89. The molecule has 232 valence electrons. The van der Waals surface area contributed by atoms with Crippen molar-refractivity contribution in [3.63, 3.8) is 0 Å². The summed E-state index contributed by atoms with van der Waals surface area (Å²) in [6.45, 7) is 1.40. The van der Waals surface area contributed by atoms with Crippen molar-refractivity contribution in [2.24, 2.45) is 18.4 Å². The number of aryl methyl sites for hydroxylation is 1. The lowest BCUT2D eigenvalue weighted by Crippen LogP contribution is -2.43. The van der Waals surface area contributed by atoms with Gasteiger partial charge in [-0.1, -0.05) is 18.6 Å². The number of benzene rings is 1. The average molecular weight is 631 g/mol. The number of aliphatic hydroxyl groups excluding tert-OH is 1. The topological polar surface area (TPSA) is 106 Å². The standard InChI is InChI=1S/C30H30F4N6O3S/c1-29-14-19-15-36-40(23-10-8-22(31)9-11-23)25(19)13-20(29)6-7-21(29)16-39(17-26(41)24-5-3-4-12-35-24)44(42,43)27-18-38(2)37-28(27)30(32,33)34/h3-5,8-13,15,18,21,26,41H,6-7,14,16-17H2,1-2H3/t21-,26?,29+/m1/s1. The summed E-state index contributed by atoms with van der Waals surface area (Å²) < 4.78 is 86.7. The molecule has 2 aliphatic rings. The number of nitrogens with zero attached hydrogens (tertiary/aromatic N) is 6. The van der Waals surface area contributed by atoms with Crippen molar-refractivity contribution in [1.29, 1.82) is 0 Å². The van der Waals surface area contributed by atoms with Crippen LogP contribution in [0.25, 0.3) is 11.8 Å².